The molecule has 88 valence electrons. The van der Waals surface area contributed by atoms with E-state index in [0.29, 0.717) is 0 Å². The van der Waals surface area contributed by atoms with Crippen LogP contribution in [0.2, 0.25) is 0 Å². The second kappa shape index (κ2) is 4.26. The molecular formula is C12H16BrNO2. The largest absolute Gasteiger partial charge is 0.493 e. The topological polar surface area (TPSA) is 44.5 Å². The number of halogens is 1. The number of rotatable bonds is 4. The highest BCUT2D eigenvalue weighted by Gasteiger charge is 2.39. The zero-order chi connectivity index (χ0) is 11.8. The second-order valence-corrected chi connectivity index (χ2v) is 5.15. The maximum Gasteiger partial charge on any atom is 0.165 e. The summed E-state index contributed by atoms with van der Waals surface area (Å²) in [5.74, 6) is 1.54. The number of nitrogens with two attached hydrogens (primary N) is 1. The van der Waals surface area contributed by atoms with Crippen LogP contribution >= 0.6 is 15.9 Å². The Morgan fingerprint density at radius 2 is 2.00 bits per heavy atom. The molecule has 4 heteroatoms. The molecule has 1 saturated carbocycles. The Hall–Kier alpha value is -0.740. The summed E-state index contributed by atoms with van der Waals surface area (Å²) >= 11 is 3.54. The van der Waals surface area contributed by atoms with E-state index in [9.17, 15) is 0 Å². The Morgan fingerprint density at radius 1 is 1.31 bits per heavy atom. The summed E-state index contributed by atoms with van der Waals surface area (Å²) in [5, 5.41) is 0. The number of benzene rings is 1. The zero-order valence-corrected chi connectivity index (χ0v) is 11.1. The van der Waals surface area contributed by atoms with Gasteiger partial charge in [-0.3, -0.25) is 0 Å². The molecule has 1 aromatic rings. The van der Waals surface area contributed by atoms with Crippen molar-refractivity contribution in [3.8, 4) is 11.5 Å². The first-order valence-corrected chi connectivity index (χ1v) is 6.07. The van der Waals surface area contributed by atoms with E-state index < -0.39 is 0 Å². The minimum atomic E-state index is -0.0395. The van der Waals surface area contributed by atoms with Crippen LogP contribution in [0.15, 0.2) is 16.6 Å². The van der Waals surface area contributed by atoms with Gasteiger partial charge in [-0.2, -0.15) is 0 Å². The summed E-state index contributed by atoms with van der Waals surface area (Å²) in [5.41, 5.74) is 7.20. The van der Waals surface area contributed by atoms with E-state index in [2.05, 4.69) is 15.9 Å². The van der Waals surface area contributed by atoms with Gasteiger partial charge in [0, 0.05) is 15.6 Å². The number of hydrogen-bond acceptors (Lipinski definition) is 3. The Kier molecular flexibility index (Phi) is 3.13. The standard InChI is InChI=1S/C12H16BrNO2/c1-15-10-4-3-9(13)8(11(10)16-2)7-12(14)5-6-12/h3-4H,5-7,14H2,1-2H3. The molecule has 1 aliphatic rings. The summed E-state index contributed by atoms with van der Waals surface area (Å²) < 4.78 is 11.7. The van der Waals surface area contributed by atoms with E-state index in [1.165, 1.54) is 0 Å². The molecule has 0 aromatic heterocycles. The molecule has 0 radical (unpaired) electrons. The van der Waals surface area contributed by atoms with Crippen LogP contribution in [0.4, 0.5) is 0 Å². The molecule has 1 aromatic carbocycles. The van der Waals surface area contributed by atoms with Crippen molar-refractivity contribution in [3.63, 3.8) is 0 Å². The van der Waals surface area contributed by atoms with Gasteiger partial charge in [0.1, 0.15) is 0 Å². The van der Waals surface area contributed by atoms with Gasteiger partial charge in [0.25, 0.3) is 0 Å². The Morgan fingerprint density at radius 3 is 2.50 bits per heavy atom. The van der Waals surface area contributed by atoms with Crippen LogP contribution < -0.4 is 15.2 Å². The normalized spacial score (nSPS) is 17.0. The minimum Gasteiger partial charge on any atom is -0.493 e. The lowest BCUT2D eigenvalue weighted by Crippen LogP contribution is -2.25. The van der Waals surface area contributed by atoms with Crippen LogP contribution in [0, 0.1) is 0 Å². The first kappa shape index (κ1) is 11.7. The van der Waals surface area contributed by atoms with Gasteiger partial charge in [0.2, 0.25) is 0 Å². The Labute approximate surface area is 104 Å². The molecule has 2 N–H and O–H groups in total. The van der Waals surface area contributed by atoms with Crippen molar-refractivity contribution < 1.29 is 9.47 Å². The number of hydrogen-bond donors (Lipinski definition) is 1. The molecule has 0 bridgehead atoms. The van der Waals surface area contributed by atoms with Crippen LogP contribution in [0.1, 0.15) is 18.4 Å². The van der Waals surface area contributed by atoms with Gasteiger partial charge in [-0.15, -0.1) is 0 Å². The molecular weight excluding hydrogens is 270 g/mol. The van der Waals surface area contributed by atoms with Gasteiger partial charge < -0.3 is 15.2 Å². The smallest absolute Gasteiger partial charge is 0.165 e. The molecule has 0 amide bonds. The van der Waals surface area contributed by atoms with Crippen molar-refractivity contribution in [1.29, 1.82) is 0 Å². The third-order valence-corrected chi connectivity index (χ3v) is 3.76. The van der Waals surface area contributed by atoms with Crippen LogP contribution in [0.25, 0.3) is 0 Å². The summed E-state index contributed by atoms with van der Waals surface area (Å²) in [6.07, 6.45) is 2.99. The van der Waals surface area contributed by atoms with E-state index in [1.54, 1.807) is 14.2 Å². The molecule has 0 unspecified atom stereocenters. The van der Waals surface area contributed by atoms with Gasteiger partial charge in [0.15, 0.2) is 11.5 Å². The van der Waals surface area contributed by atoms with Crippen LogP contribution in [-0.2, 0) is 6.42 Å². The lowest BCUT2D eigenvalue weighted by atomic mass is 10.0. The summed E-state index contributed by atoms with van der Waals surface area (Å²) in [4.78, 5) is 0. The number of ether oxygens (including phenoxy) is 2. The predicted molar refractivity (Wildman–Crippen MR) is 67.1 cm³/mol. The summed E-state index contributed by atoms with van der Waals surface area (Å²) in [6, 6.07) is 3.87. The third kappa shape index (κ3) is 2.18. The molecule has 0 heterocycles. The van der Waals surface area contributed by atoms with E-state index in [0.717, 1.165) is 40.8 Å². The zero-order valence-electron chi connectivity index (χ0n) is 9.55. The van der Waals surface area contributed by atoms with E-state index in [1.807, 2.05) is 12.1 Å². The maximum absolute atomic E-state index is 6.15. The van der Waals surface area contributed by atoms with Crippen LogP contribution in [-0.4, -0.2) is 19.8 Å². The average molecular weight is 286 g/mol. The molecule has 0 spiro atoms. The van der Waals surface area contributed by atoms with Gasteiger partial charge in [-0.1, -0.05) is 15.9 Å². The molecule has 0 aliphatic heterocycles. The van der Waals surface area contributed by atoms with E-state index in [4.69, 9.17) is 15.2 Å². The average Bonchev–Trinajstić information content (AvgIpc) is 2.99. The molecule has 0 saturated heterocycles. The quantitative estimate of drug-likeness (QED) is 0.925. The molecule has 0 atom stereocenters. The van der Waals surface area contributed by atoms with Crippen molar-refractivity contribution >= 4 is 15.9 Å². The molecule has 3 nitrogen and oxygen atoms in total. The Balaban J connectivity index is 2.39. The van der Waals surface area contributed by atoms with E-state index in [-0.39, 0.29) is 5.54 Å². The Bertz CT molecular complexity index is 402. The predicted octanol–water partition coefficient (Wildman–Crippen LogP) is 2.50. The lowest BCUT2D eigenvalue weighted by Gasteiger charge is -2.17. The number of methoxy groups -OCH3 is 2. The third-order valence-electron chi connectivity index (χ3n) is 3.01. The minimum absolute atomic E-state index is 0.0395. The van der Waals surface area contributed by atoms with Crippen LogP contribution in [0.3, 0.4) is 0 Å². The molecule has 1 aliphatic carbocycles. The highest BCUT2D eigenvalue weighted by Crippen LogP contribution is 2.43. The fourth-order valence-electron chi connectivity index (χ4n) is 1.82. The van der Waals surface area contributed by atoms with Crippen molar-refractivity contribution in [2.75, 3.05) is 14.2 Å². The summed E-state index contributed by atoms with van der Waals surface area (Å²) in [7, 11) is 3.30. The highest BCUT2D eigenvalue weighted by molar-refractivity contribution is 9.10. The SMILES string of the molecule is COc1ccc(Br)c(CC2(N)CC2)c1OC. The second-order valence-electron chi connectivity index (χ2n) is 4.30. The highest BCUT2D eigenvalue weighted by atomic mass is 79.9. The van der Waals surface area contributed by atoms with Crippen molar-refractivity contribution in [1.82, 2.24) is 0 Å². The van der Waals surface area contributed by atoms with Gasteiger partial charge >= 0.3 is 0 Å². The molecule has 16 heavy (non-hydrogen) atoms. The first-order chi connectivity index (χ1) is 7.59. The van der Waals surface area contributed by atoms with Crippen molar-refractivity contribution in [2.24, 2.45) is 5.73 Å². The van der Waals surface area contributed by atoms with Gasteiger partial charge in [-0.25, -0.2) is 0 Å². The fraction of sp³-hybridized carbons (Fsp3) is 0.500. The van der Waals surface area contributed by atoms with Crippen molar-refractivity contribution in [2.45, 2.75) is 24.8 Å². The molecule has 1 fully saturated rings. The van der Waals surface area contributed by atoms with Crippen LogP contribution in [0.5, 0.6) is 11.5 Å². The van der Waals surface area contributed by atoms with Gasteiger partial charge in [-0.05, 0) is 31.4 Å². The molecule has 2 rings (SSSR count). The fourth-order valence-corrected chi connectivity index (χ4v) is 2.27. The monoisotopic (exact) mass is 285 g/mol. The lowest BCUT2D eigenvalue weighted by molar-refractivity contribution is 0.350. The van der Waals surface area contributed by atoms with Gasteiger partial charge in [0.05, 0.1) is 14.2 Å². The van der Waals surface area contributed by atoms with E-state index >= 15 is 0 Å². The summed E-state index contributed by atoms with van der Waals surface area (Å²) in [6.45, 7) is 0. The van der Waals surface area contributed by atoms with Crippen molar-refractivity contribution in [3.05, 3.63) is 22.2 Å². The maximum atomic E-state index is 6.15. The first-order valence-electron chi connectivity index (χ1n) is 5.28.